The molecular formula is C9H16N2O5. The van der Waals surface area contributed by atoms with Crippen LogP contribution in [0, 0.1) is 0 Å². The third-order valence-corrected chi connectivity index (χ3v) is 2.33. The molecule has 0 bridgehead atoms. The van der Waals surface area contributed by atoms with Crippen molar-refractivity contribution in [3.05, 3.63) is 0 Å². The molecule has 0 aliphatic carbocycles. The molecule has 7 heteroatoms. The molecular weight excluding hydrogens is 216 g/mol. The number of ether oxygens (including phenoxy) is 1. The Labute approximate surface area is 92.8 Å². The zero-order valence-electron chi connectivity index (χ0n) is 9.02. The molecule has 7 nitrogen and oxygen atoms in total. The third-order valence-electron chi connectivity index (χ3n) is 2.33. The van der Waals surface area contributed by atoms with Gasteiger partial charge in [0, 0.05) is 13.1 Å². The molecule has 0 aromatic heterocycles. The molecule has 1 atom stereocenters. The van der Waals surface area contributed by atoms with E-state index in [1.165, 1.54) is 0 Å². The van der Waals surface area contributed by atoms with Crippen LogP contribution < -0.4 is 10.6 Å². The Kier molecular flexibility index (Phi) is 4.22. The third kappa shape index (κ3) is 3.76. The molecule has 0 aromatic rings. The molecule has 1 aliphatic rings. The number of hydrogen-bond donors (Lipinski definition) is 4. The molecule has 1 fully saturated rings. The molecule has 4 N–H and O–H groups in total. The molecule has 1 saturated heterocycles. The van der Waals surface area contributed by atoms with Gasteiger partial charge in [-0.05, 0) is 6.92 Å². The summed E-state index contributed by atoms with van der Waals surface area (Å²) >= 11 is 0. The van der Waals surface area contributed by atoms with Crippen LogP contribution in [-0.2, 0) is 14.3 Å². The zero-order chi connectivity index (χ0) is 12.2. The monoisotopic (exact) mass is 232 g/mol. The normalized spacial score (nSPS) is 19.6. The number of amides is 1. The van der Waals surface area contributed by atoms with Crippen molar-refractivity contribution in [3.63, 3.8) is 0 Å². The van der Waals surface area contributed by atoms with Gasteiger partial charge in [0.25, 0.3) is 0 Å². The molecule has 1 amide bonds. The first-order valence-electron chi connectivity index (χ1n) is 4.95. The van der Waals surface area contributed by atoms with Crippen LogP contribution in [0.2, 0.25) is 0 Å². The van der Waals surface area contributed by atoms with Gasteiger partial charge in [-0.25, -0.2) is 4.79 Å². The number of carbonyl (C=O) groups is 2. The van der Waals surface area contributed by atoms with Crippen LogP contribution in [0.5, 0.6) is 0 Å². The summed E-state index contributed by atoms with van der Waals surface area (Å²) in [6.45, 7) is 2.82. The number of carboxylic acid groups (broad SMARTS) is 1. The Morgan fingerprint density at radius 2 is 2.19 bits per heavy atom. The summed E-state index contributed by atoms with van der Waals surface area (Å²) in [5.74, 6) is -1.80. The summed E-state index contributed by atoms with van der Waals surface area (Å²) in [4.78, 5) is 21.4. The summed E-state index contributed by atoms with van der Waals surface area (Å²) in [7, 11) is 0. The van der Waals surface area contributed by atoms with Gasteiger partial charge in [0.1, 0.15) is 6.61 Å². The van der Waals surface area contributed by atoms with E-state index in [0.717, 1.165) is 0 Å². The van der Waals surface area contributed by atoms with Crippen molar-refractivity contribution in [3.8, 4) is 0 Å². The highest BCUT2D eigenvalue weighted by molar-refractivity contribution is 5.78. The summed E-state index contributed by atoms with van der Waals surface area (Å²) in [6, 6.07) is 0. The Bertz CT molecular complexity index is 277. The Morgan fingerprint density at radius 3 is 2.62 bits per heavy atom. The summed E-state index contributed by atoms with van der Waals surface area (Å²) < 4.78 is 5.32. The molecule has 92 valence electrons. The van der Waals surface area contributed by atoms with Crippen LogP contribution in [0.25, 0.3) is 0 Å². The molecule has 0 saturated carbocycles. The first-order valence-corrected chi connectivity index (χ1v) is 4.95. The van der Waals surface area contributed by atoms with Crippen molar-refractivity contribution in [2.45, 2.75) is 18.6 Å². The Morgan fingerprint density at radius 1 is 1.56 bits per heavy atom. The zero-order valence-corrected chi connectivity index (χ0v) is 9.02. The van der Waals surface area contributed by atoms with Gasteiger partial charge in [0.05, 0.1) is 12.1 Å². The van der Waals surface area contributed by atoms with Crippen molar-refractivity contribution < 1.29 is 24.5 Å². The van der Waals surface area contributed by atoms with Crippen molar-refractivity contribution in [2.24, 2.45) is 0 Å². The van der Waals surface area contributed by atoms with E-state index in [1.54, 1.807) is 0 Å². The first kappa shape index (κ1) is 12.9. The molecule has 0 aromatic carbocycles. The molecule has 1 rings (SSSR count). The summed E-state index contributed by atoms with van der Waals surface area (Å²) in [5.41, 5.74) is -0.317. The highest BCUT2D eigenvalue weighted by Gasteiger charge is 2.33. The lowest BCUT2D eigenvalue weighted by Gasteiger charge is -2.38. The fourth-order valence-electron chi connectivity index (χ4n) is 1.17. The number of nitrogens with one attached hydrogen (secondary N) is 2. The minimum absolute atomic E-state index is 0.134. The lowest BCUT2D eigenvalue weighted by Crippen LogP contribution is -2.59. The number of aliphatic carboxylic acids is 1. The first-order chi connectivity index (χ1) is 7.43. The maximum atomic E-state index is 11.2. The lowest BCUT2D eigenvalue weighted by molar-refractivity contribution is -0.147. The SMILES string of the molecule is CC1(OCC(=O)NC[C@H](O)C(=O)O)CNC1. The highest BCUT2D eigenvalue weighted by Crippen LogP contribution is 2.14. The van der Waals surface area contributed by atoms with Crippen LogP contribution in [0.15, 0.2) is 0 Å². The van der Waals surface area contributed by atoms with E-state index in [9.17, 15) is 9.59 Å². The van der Waals surface area contributed by atoms with Crippen LogP contribution in [0.1, 0.15) is 6.92 Å². The van der Waals surface area contributed by atoms with Gasteiger partial charge in [0.15, 0.2) is 6.10 Å². The number of carbonyl (C=O) groups excluding carboxylic acids is 1. The van der Waals surface area contributed by atoms with Crippen molar-refractivity contribution in [1.82, 2.24) is 10.6 Å². The smallest absolute Gasteiger partial charge is 0.334 e. The average molecular weight is 232 g/mol. The number of aliphatic hydroxyl groups is 1. The molecule has 1 heterocycles. The largest absolute Gasteiger partial charge is 0.479 e. The minimum Gasteiger partial charge on any atom is -0.479 e. The summed E-state index contributed by atoms with van der Waals surface area (Å²) in [6.07, 6.45) is -1.58. The second kappa shape index (κ2) is 5.24. The average Bonchev–Trinajstić information content (AvgIpc) is 2.19. The van der Waals surface area contributed by atoms with Gasteiger partial charge in [-0.15, -0.1) is 0 Å². The number of carboxylic acids is 1. The van der Waals surface area contributed by atoms with E-state index < -0.39 is 18.0 Å². The van der Waals surface area contributed by atoms with E-state index in [1.807, 2.05) is 6.92 Å². The van der Waals surface area contributed by atoms with Crippen LogP contribution in [-0.4, -0.2) is 60.0 Å². The second-order valence-electron chi connectivity index (χ2n) is 4.00. The fraction of sp³-hybridized carbons (Fsp3) is 0.778. The van der Waals surface area contributed by atoms with Crippen molar-refractivity contribution in [2.75, 3.05) is 26.2 Å². The highest BCUT2D eigenvalue weighted by atomic mass is 16.5. The van der Waals surface area contributed by atoms with E-state index >= 15 is 0 Å². The Hall–Kier alpha value is -1.18. The van der Waals surface area contributed by atoms with Gasteiger partial charge < -0.3 is 25.6 Å². The maximum absolute atomic E-state index is 11.2. The van der Waals surface area contributed by atoms with Crippen LogP contribution >= 0.6 is 0 Å². The maximum Gasteiger partial charge on any atom is 0.334 e. The predicted octanol–water partition coefficient (Wildman–Crippen LogP) is -2.07. The Balaban J connectivity index is 2.13. The van der Waals surface area contributed by atoms with Gasteiger partial charge in [-0.1, -0.05) is 0 Å². The topological polar surface area (TPSA) is 108 Å². The van der Waals surface area contributed by atoms with E-state index in [0.29, 0.717) is 13.1 Å². The van der Waals surface area contributed by atoms with Gasteiger partial charge >= 0.3 is 5.97 Å². The molecule has 0 spiro atoms. The molecule has 16 heavy (non-hydrogen) atoms. The van der Waals surface area contributed by atoms with Gasteiger partial charge in [0.2, 0.25) is 5.91 Å². The van der Waals surface area contributed by atoms with Crippen molar-refractivity contribution >= 4 is 11.9 Å². The number of rotatable bonds is 6. The summed E-state index contributed by atoms with van der Waals surface area (Å²) in [5, 5.41) is 22.5. The van der Waals surface area contributed by atoms with Crippen LogP contribution in [0.4, 0.5) is 0 Å². The van der Waals surface area contributed by atoms with E-state index in [-0.39, 0.29) is 18.8 Å². The predicted molar refractivity (Wildman–Crippen MR) is 53.9 cm³/mol. The van der Waals surface area contributed by atoms with Gasteiger partial charge in [-0.3, -0.25) is 4.79 Å². The van der Waals surface area contributed by atoms with E-state index in [4.69, 9.17) is 14.9 Å². The van der Waals surface area contributed by atoms with Crippen LogP contribution in [0.3, 0.4) is 0 Å². The number of hydrogen-bond acceptors (Lipinski definition) is 5. The molecule has 1 aliphatic heterocycles. The van der Waals surface area contributed by atoms with Crippen molar-refractivity contribution in [1.29, 1.82) is 0 Å². The molecule has 0 radical (unpaired) electrons. The minimum atomic E-state index is -1.58. The lowest BCUT2D eigenvalue weighted by atomic mass is 10.0. The van der Waals surface area contributed by atoms with E-state index in [2.05, 4.69) is 10.6 Å². The standard InChI is InChI=1S/C9H16N2O5/c1-9(4-10-5-9)16-3-7(13)11-2-6(12)8(14)15/h6,10,12H,2-5H2,1H3,(H,11,13)(H,14,15)/t6-/m0/s1. The number of aliphatic hydroxyl groups excluding tert-OH is 1. The second-order valence-corrected chi connectivity index (χ2v) is 4.00. The quantitative estimate of drug-likeness (QED) is 0.419. The molecule has 0 unspecified atom stereocenters. The fourth-order valence-corrected chi connectivity index (χ4v) is 1.17. The van der Waals surface area contributed by atoms with Gasteiger partial charge in [-0.2, -0.15) is 0 Å².